The van der Waals surface area contributed by atoms with Gasteiger partial charge >= 0.3 is 0 Å². The van der Waals surface area contributed by atoms with Crippen molar-refractivity contribution in [1.29, 1.82) is 0 Å². The van der Waals surface area contributed by atoms with E-state index in [1.807, 2.05) is 26.0 Å². The van der Waals surface area contributed by atoms with Gasteiger partial charge in [-0.25, -0.2) is 0 Å². The second kappa shape index (κ2) is 5.84. The van der Waals surface area contributed by atoms with Crippen molar-refractivity contribution in [3.63, 3.8) is 0 Å². The van der Waals surface area contributed by atoms with Gasteiger partial charge in [0.2, 0.25) is 11.8 Å². The lowest BCUT2D eigenvalue weighted by Gasteiger charge is -2.44. The Kier molecular flexibility index (Phi) is 4.30. The zero-order chi connectivity index (χ0) is 15.6. The van der Waals surface area contributed by atoms with Crippen LogP contribution in [-0.4, -0.2) is 39.8 Å². The van der Waals surface area contributed by atoms with Crippen LogP contribution in [0.2, 0.25) is 0 Å². The number of nitrogens with one attached hydrogen (secondary N) is 1. The van der Waals surface area contributed by atoms with E-state index < -0.39 is 11.6 Å². The van der Waals surface area contributed by atoms with Gasteiger partial charge in [-0.1, -0.05) is 19.9 Å². The van der Waals surface area contributed by atoms with Gasteiger partial charge in [0.05, 0.1) is 0 Å². The fraction of sp³-hybridized carbons (Fsp3) is 0.562. The molecule has 1 saturated heterocycles. The standard InChI is InChI=1S/C16H23N3O2/c1-11(2)13-14(20)18-16(3,4)15(21)19(13)9-7-12-6-5-8-17-10-12/h5-6,8,10-11,13H,7,9H2,1-4H3,(H,18,20). The molecule has 1 unspecified atom stereocenters. The molecular formula is C16H23N3O2. The minimum absolute atomic E-state index is 0.0234. The summed E-state index contributed by atoms with van der Waals surface area (Å²) in [7, 11) is 0. The van der Waals surface area contributed by atoms with Crippen LogP contribution in [0.15, 0.2) is 24.5 Å². The summed E-state index contributed by atoms with van der Waals surface area (Å²) in [4.78, 5) is 30.7. The van der Waals surface area contributed by atoms with Crippen LogP contribution in [0.3, 0.4) is 0 Å². The monoisotopic (exact) mass is 289 g/mol. The normalized spacial score (nSPS) is 21.6. The number of rotatable bonds is 4. The smallest absolute Gasteiger partial charge is 0.248 e. The van der Waals surface area contributed by atoms with Crippen LogP contribution < -0.4 is 5.32 Å². The molecule has 1 atom stereocenters. The number of amides is 2. The predicted octanol–water partition coefficient (Wildman–Crippen LogP) is 1.39. The summed E-state index contributed by atoms with van der Waals surface area (Å²) in [5.74, 6) is -0.00979. The van der Waals surface area contributed by atoms with Crippen LogP contribution in [-0.2, 0) is 16.0 Å². The Balaban J connectivity index is 2.18. The van der Waals surface area contributed by atoms with Gasteiger partial charge in [-0.15, -0.1) is 0 Å². The highest BCUT2D eigenvalue weighted by Gasteiger charge is 2.45. The molecule has 0 spiro atoms. The van der Waals surface area contributed by atoms with Crippen LogP contribution in [0, 0.1) is 5.92 Å². The lowest BCUT2D eigenvalue weighted by Crippen LogP contribution is -2.69. The van der Waals surface area contributed by atoms with Crippen LogP contribution >= 0.6 is 0 Å². The first-order chi connectivity index (χ1) is 9.83. The second-order valence-electron chi connectivity index (χ2n) is 6.41. The van der Waals surface area contributed by atoms with Crippen LogP contribution in [0.5, 0.6) is 0 Å². The van der Waals surface area contributed by atoms with Crippen molar-refractivity contribution in [2.75, 3.05) is 6.54 Å². The molecule has 21 heavy (non-hydrogen) atoms. The number of carbonyl (C=O) groups excluding carboxylic acids is 2. The van der Waals surface area contributed by atoms with E-state index >= 15 is 0 Å². The molecule has 114 valence electrons. The molecule has 0 aliphatic carbocycles. The molecule has 0 bridgehead atoms. The molecule has 2 amide bonds. The highest BCUT2D eigenvalue weighted by Crippen LogP contribution is 2.23. The minimum Gasteiger partial charge on any atom is -0.340 e. The van der Waals surface area contributed by atoms with E-state index in [0.29, 0.717) is 13.0 Å². The molecule has 0 radical (unpaired) electrons. The summed E-state index contributed by atoms with van der Waals surface area (Å²) in [6.45, 7) is 7.96. The summed E-state index contributed by atoms with van der Waals surface area (Å²) >= 11 is 0. The largest absolute Gasteiger partial charge is 0.340 e. The van der Waals surface area contributed by atoms with Crippen molar-refractivity contribution < 1.29 is 9.59 Å². The summed E-state index contributed by atoms with van der Waals surface area (Å²) in [6.07, 6.45) is 4.22. The molecule has 0 saturated carbocycles. The van der Waals surface area contributed by atoms with E-state index in [4.69, 9.17) is 0 Å². The average molecular weight is 289 g/mol. The summed E-state index contributed by atoms with van der Waals surface area (Å²) < 4.78 is 0. The molecule has 1 aliphatic rings. The number of hydrogen-bond acceptors (Lipinski definition) is 3. The predicted molar refractivity (Wildman–Crippen MR) is 80.5 cm³/mol. The average Bonchev–Trinajstić information content (AvgIpc) is 2.41. The molecule has 1 fully saturated rings. The summed E-state index contributed by atoms with van der Waals surface area (Å²) in [5, 5.41) is 2.82. The van der Waals surface area contributed by atoms with Crippen molar-refractivity contribution in [3.05, 3.63) is 30.1 Å². The maximum atomic E-state index is 12.6. The highest BCUT2D eigenvalue weighted by molar-refractivity contribution is 5.99. The molecule has 1 aromatic rings. The Bertz CT molecular complexity index is 526. The van der Waals surface area contributed by atoms with Crippen molar-refractivity contribution in [3.8, 4) is 0 Å². The Labute approximate surface area is 125 Å². The molecule has 2 rings (SSSR count). The topological polar surface area (TPSA) is 62.3 Å². The van der Waals surface area contributed by atoms with Gasteiger partial charge in [0.15, 0.2) is 0 Å². The van der Waals surface area contributed by atoms with Crippen molar-refractivity contribution in [2.24, 2.45) is 5.92 Å². The number of pyridine rings is 1. The molecular weight excluding hydrogens is 266 g/mol. The van der Waals surface area contributed by atoms with E-state index in [1.54, 1.807) is 31.1 Å². The Morgan fingerprint density at radius 2 is 2.10 bits per heavy atom. The lowest BCUT2D eigenvalue weighted by atomic mass is 9.91. The number of carbonyl (C=O) groups is 2. The fourth-order valence-electron chi connectivity index (χ4n) is 2.76. The molecule has 0 aromatic carbocycles. The molecule has 1 aliphatic heterocycles. The SMILES string of the molecule is CC(C)C1C(=O)NC(C)(C)C(=O)N1CCc1cccnc1. The van der Waals surface area contributed by atoms with Gasteiger partial charge in [-0.2, -0.15) is 0 Å². The third-order valence-electron chi connectivity index (χ3n) is 3.83. The molecule has 5 nitrogen and oxygen atoms in total. The van der Waals surface area contributed by atoms with Crippen molar-refractivity contribution in [1.82, 2.24) is 15.2 Å². The van der Waals surface area contributed by atoms with Crippen LogP contribution in [0.1, 0.15) is 33.3 Å². The lowest BCUT2D eigenvalue weighted by molar-refractivity contribution is -0.155. The first-order valence-corrected chi connectivity index (χ1v) is 7.35. The first-order valence-electron chi connectivity index (χ1n) is 7.35. The maximum absolute atomic E-state index is 12.6. The van der Waals surface area contributed by atoms with Crippen molar-refractivity contribution >= 4 is 11.8 Å². The van der Waals surface area contributed by atoms with Gasteiger partial charge in [0, 0.05) is 18.9 Å². The maximum Gasteiger partial charge on any atom is 0.248 e. The molecule has 2 heterocycles. The highest BCUT2D eigenvalue weighted by atomic mass is 16.2. The fourth-order valence-corrected chi connectivity index (χ4v) is 2.76. The summed E-state index contributed by atoms with van der Waals surface area (Å²) in [6, 6.07) is 3.46. The molecule has 5 heteroatoms. The van der Waals surface area contributed by atoms with E-state index in [0.717, 1.165) is 5.56 Å². The Hall–Kier alpha value is -1.91. The van der Waals surface area contributed by atoms with E-state index in [-0.39, 0.29) is 17.7 Å². The van der Waals surface area contributed by atoms with Gasteiger partial charge in [0.1, 0.15) is 11.6 Å². The van der Waals surface area contributed by atoms with E-state index in [1.165, 1.54) is 0 Å². The number of piperazine rings is 1. The number of hydrogen-bond donors (Lipinski definition) is 1. The van der Waals surface area contributed by atoms with Crippen LogP contribution in [0.4, 0.5) is 0 Å². The third-order valence-corrected chi connectivity index (χ3v) is 3.83. The van der Waals surface area contributed by atoms with Gasteiger partial charge < -0.3 is 10.2 Å². The first kappa shape index (κ1) is 15.5. The molecule has 1 N–H and O–H groups in total. The Morgan fingerprint density at radius 1 is 1.38 bits per heavy atom. The minimum atomic E-state index is -0.836. The van der Waals surface area contributed by atoms with Gasteiger partial charge in [-0.3, -0.25) is 14.6 Å². The van der Waals surface area contributed by atoms with Crippen LogP contribution in [0.25, 0.3) is 0 Å². The third kappa shape index (κ3) is 3.23. The van der Waals surface area contributed by atoms with E-state index in [2.05, 4.69) is 10.3 Å². The van der Waals surface area contributed by atoms with Crippen molar-refractivity contribution in [2.45, 2.75) is 45.7 Å². The summed E-state index contributed by atoms with van der Waals surface area (Å²) in [5.41, 5.74) is 0.230. The number of aromatic nitrogens is 1. The Morgan fingerprint density at radius 3 is 2.67 bits per heavy atom. The zero-order valence-corrected chi connectivity index (χ0v) is 13.1. The van der Waals surface area contributed by atoms with Gasteiger partial charge in [0.25, 0.3) is 0 Å². The number of nitrogens with zero attached hydrogens (tertiary/aromatic N) is 2. The zero-order valence-electron chi connectivity index (χ0n) is 13.1. The van der Waals surface area contributed by atoms with E-state index in [9.17, 15) is 9.59 Å². The quantitative estimate of drug-likeness (QED) is 0.911. The second-order valence-corrected chi connectivity index (χ2v) is 6.41. The van der Waals surface area contributed by atoms with Gasteiger partial charge in [-0.05, 0) is 37.8 Å². The molecule has 1 aromatic heterocycles.